The lowest BCUT2D eigenvalue weighted by atomic mass is 10.4. The minimum absolute atomic E-state index is 0.168. The van der Waals surface area contributed by atoms with E-state index in [1.165, 1.54) is 18.6 Å². The summed E-state index contributed by atoms with van der Waals surface area (Å²) in [5.41, 5.74) is 1.22. The topological polar surface area (TPSA) is 107 Å². The molecule has 0 aliphatic carbocycles. The molecule has 8 heteroatoms. The third-order valence-electron chi connectivity index (χ3n) is 2.54. The normalized spacial score (nSPS) is 10.3. The van der Waals surface area contributed by atoms with Crippen LogP contribution in [0.2, 0.25) is 0 Å². The van der Waals surface area contributed by atoms with Crippen molar-refractivity contribution in [3.05, 3.63) is 48.4 Å². The van der Waals surface area contributed by atoms with E-state index in [2.05, 4.69) is 30.4 Å². The molecule has 0 aliphatic rings. The van der Waals surface area contributed by atoms with Gasteiger partial charge in [-0.3, -0.25) is 9.78 Å². The summed E-state index contributed by atoms with van der Waals surface area (Å²) in [7, 11) is 0. The molecule has 0 spiro atoms. The fourth-order valence-corrected chi connectivity index (χ4v) is 1.62. The number of amides is 1. The molecule has 0 fully saturated rings. The Morgan fingerprint density at radius 3 is 2.90 bits per heavy atom. The van der Waals surface area contributed by atoms with Gasteiger partial charge >= 0.3 is 11.8 Å². The molecule has 1 amide bonds. The van der Waals surface area contributed by atoms with E-state index in [4.69, 9.17) is 4.52 Å². The number of anilines is 1. The number of carbonyl (C=O) groups excluding carboxylic acids is 1. The van der Waals surface area contributed by atoms with Gasteiger partial charge in [0.2, 0.25) is 5.82 Å². The van der Waals surface area contributed by atoms with Crippen molar-refractivity contribution in [3.63, 3.8) is 0 Å². The van der Waals surface area contributed by atoms with Crippen LogP contribution in [0.1, 0.15) is 16.4 Å². The molecule has 3 rings (SSSR count). The molecule has 3 aromatic rings. The molecule has 3 aromatic heterocycles. The molecule has 8 nitrogen and oxygen atoms in total. The van der Waals surface area contributed by atoms with Crippen LogP contribution < -0.4 is 5.32 Å². The van der Waals surface area contributed by atoms with E-state index in [9.17, 15) is 4.79 Å². The summed E-state index contributed by atoms with van der Waals surface area (Å²) < 4.78 is 4.91. The highest BCUT2D eigenvalue weighted by Crippen LogP contribution is 2.12. The maximum atomic E-state index is 12.0. The number of rotatable bonds is 3. The predicted molar refractivity (Wildman–Crippen MR) is 72.3 cm³/mol. The molecule has 0 atom stereocenters. The van der Waals surface area contributed by atoms with E-state index in [0.717, 1.165) is 5.69 Å². The number of nitrogens with one attached hydrogen (secondary N) is 1. The van der Waals surface area contributed by atoms with Crippen molar-refractivity contribution in [1.82, 2.24) is 25.1 Å². The second kappa shape index (κ2) is 5.45. The van der Waals surface area contributed by atoms with Gasteiger partial charge in [0.25, 0.3) is 0 Å². The zero-order chi connectivity index (χ0) is 14.7. The standard InChI is InChI=1S/C13H10N6O2/c1-8-3-2-4-10(16-8)17-12(20)13-18-11(19-21-13)9-7-14-5-6-15-9/h2-7H,1H3,(H,16,17,20). The van der Waals surface area contributed by atoms with Gasteiger partial charge in [-0.2, -0.15) is 4.98 Å². The molecular weight excluding hydrogens is 272 g/mol. The molecule has 0 radical (unpaired) electrons. The molecule has 0 saturated heterocycles. The molecular formula is C13H10N6O2. The zero-order valence-corrected chi connectivity index (χ0v) is 11.0. The molecule has 0 aliphatic heterocycles. The van der Waals surface area contributed by atoms with Crippen molar-refractivity contribution in [2.75, 3.05) is 5.32 Å². The lowest BCUT2D eigenvalue weighted by Gasteiger charge is -2.01. The average Bonchev–Trinajstić information content (AvgIpc) is 2.98. The van der Waals surface area contributed by atoms with E-state index in [-0.39, 0.29) is 11.7 Å². The first-order valence-corrected chi connectivity index (χ1v) is 6.07. The van der Waals surface area contributed by atoms with Crippen LogP contribution in [-0.4, -0.2) is 31.0 Å². The summed E-state index contributed by atoms with van der Waals surface area (Å²) in [6.45, 7) is 1.83. The summed E-state index contributed by atoms with van der Waals surface area (Å²) >= 11 is 0. The summed E-state index contributed by atoms with van der Waals surface area (Å²) in [4.78, 5) is 28.0. The summed E-state index contributed by atoms with van der Waals surface area (Å²) in [6.07, 6.45) is 4.51. The Bertz CT molecular complexity index is 771. The van der Waals surface area contributed by atoms with Gasteiger partial charge in [-0.15, -0.1) is 0 Å². The van der Waals surface area contributed by atoms with Crippen LogP contribution in [0, 0.1) is 6.92 Å². The fraction of sp³-hybridized carbons (Fsp3) is 0.0769. The van der Waals surface area contributed by atoms with E-state index < -0.39 is 5.91 Å². The Morgan fingerprint density at radius 1 is 1.24 bits per heavy atom. The molecule has 3 heterocycles. The first-order chi connectivity index (χ1) is 10.2. The van der Waals surface area contributed by atoms with Crippen molar-refractivity contribution in [2.45, 2.75) is 6.92 Å². The van der Waals surface area contributed by atoms with Crippen LogP contribution in [0.15, 0.2) is 41.3 Å². The van der Waals surface area contributed by atoms with Gasteiger partial charge in [0.15, 0.2) is 0 Å². The number of aryl methyl sites for hydroxylation is 1. The van der Waals surface area contributed by atoms with E-state index >= 15 is 0 Å². The van der Waals surface area contributed by atoms with Crippen molar-refractivity contribution in [1.29, 1.82) is 0 Å². The number of carbonyl (C=O) groups is 1. The Morgan fingerprint density at radius 2 is 2.14 bits per heavy atom. The van der Waals surface area contributed by atoms with Crippen molar-refractivity contribution in [2.24, 2.45) is 0 Å². The number of pyridine rings is 1. The van der Waals surface area contributed by atoms with Gasteiger partial charge in [0, 0.05) is 18.1 Å². The molecule has 0 bridgehead atoms. The van der Waals surface area contributed by atoms with Crippen LogP contribution in [-0.2, 0) is 0 Å². The van der Waals surface area contributed by atoms with E-state index in [1.807, 2.05) is 13.0 Å². The minimum Gasteiger partial charge on any atom is -0.328 e. The molecule has 1 N–H and O–H groups in total. The van der Waals surface area contributed by atoms with Gasteiger partial charge in [-0.05, 0) is 19.1 Å². The highest BCUT2D eigenvalue weighted by Gasteiger charge is 2.17. The van der Waals surface area contributed by atoms with Crippen molar-refractivity contribution >= 4 is 11.7 Å². The number of nitrogens with zero attached hydrogens (tertiary/aromatic N) is 5. The SMILES string of the molecule is Cc1cccc(NC(=O)c2nc(-c3cnccn3)no2)n1. The summed E-state index contributed by atoms with van der Waals surface area (Å²) in [6, 6.07) is 5.29. The average molecular weight is 282 g/mol. The van der Waals surface area contributed by atoms with Gasteiger partial charge in [0.05, 0.1) is 6.20 Å². The third-order valence-corrected chi connectivity index (χ3v) is 2.54. The van der Waals surface area contributed by atoms with Crippen molar-refractivity contribution in [3.8, 4) is 11.5 Å². The van der Waals surface area contributed by atoms with Crippen LogP contribution in [0.5, 0.6) is 0 Å². The van der Waals surface area contributed by atoms with Crippen molar-refractivity contribution < 1.29 is 9.32 Å². The van der Waals surface area contributed by atoms with Crippen LogP contribution >= 0.6 is 0 Å². The Balaban J connectivity index is 1.78. The van der Waals surface area contributed by atoms with Crippen LogP contribution in [0.3, 0.4) is 0 Å². The van der Waals surface area contributed by atoms with Crippen LogP contribution in [0.25, 0.3) is 11.5 Å². The molecule has 0 unspecified atom stereocenters. The molecule has 104 valence electrons. The summed E-state index contributed by atoms with van der Waals surface area (Å²) in [5.74, 6) is -0.0839. The first kappa shape index (κ1) is 12.9. The Hall–Kier alpha value is -3.16. The van der Waals surface area contributed by atoms with Gasteiger partial charge in [-0.25, -0.2) is 9.97 Å². The molecule has 21 heavy (non-hydrogen) atoms. The highest BCUT2D eigenvalue weighted by atomic mass is 16.5. The second-order valence-corrected chi connectivity index (χ2v) is 4.13. The Labute approximate surface area is 119 Å². The molecule has 0 saturated carbocycles. The summed E-state index contributed by atoms with van der Waals surface area (Å²) in [5, 5.41) is 6.28. The number of hydrogen-bond acceptors (Lipinski definition) is 7. The smallest absolute Gasteiger partial charge is 0.316 e. The Kier molecular flexibility index (Phi) is 3.34. The zero-order valence-electron chi connectivity index (χ0n) is 11.0. The lowest BCUT2D eigenvalue weighted by Crippen LogP contribution is -2.13. The third kappa shape index (κ3) is 2.89. The quantitative estimate of drug-likeness (QED) is 0.775. The minimum atomic E-state index is -0.532. The second-order valence-electron chi connectivity index (χ2n) is 4.13. The number of hydrogen-bond donors (Lipinski definition) is 1. The van der Waals surface area contributed by atoms with E-state index in [0.29, 0.717) is 11.5 Å². The van der Waals surface area contributed by atoms with E-state index in [1.54, 1.807) is 12.1 Å². The first-order valence-electron chi connectivity index (χ1n) is 6.07. The largest absolute Gasteiger partial charge is 0.328 e. The lowest BCUT2D eigenvalue weighted by molar-refractivity contribution is 0.0981. The fourth-order valence-electron chi connectivity index (χ4n) is 1.62. The molecule has 0 aromatic carbocycles. The van der Waals surface area contributed by atoms with Gasteiger partial charge in [-0.1, -0.05) is 11.2 Å². The highest BCUT2D eigenvalue weighted by molar-refractivity contribution is 6.00. The number of aromatic nitrogens is 5. The predicted octanol–water partition coefficient (Wildman–Crippen LogP) is 1.48. The monoisotopic (exact) mass is 282 g/mol. The van der Waals surface area contributed by atoms with Crippen LogP contribution in [0.4, 0.5) is 5.82 Å². The van der Waals surface area contributed by atoms with Gasteiger partial charge in [0.1, 0.15) is 11.5 Å². The maximum absolute atomic E-state index is 12.0. The van der Waals surface area contributed by atoms with Gasteiger partial charge < -0.3 is 9.84 Å². The maximum Gasteiger partial charge on any atom is 0.316 e.